The first-order valence-corrected chi connectivity index (χ1v) is 13.6. The summed E-state index contributed by atoms with van der Waals surface area (Å²) in [5, 5.41) is 18.8. The molecule has 1 N–H and O–H groups in total. The number of nitrogens with one attached hydrogen (secondary N) is 1. The molecule has 0 aliphatic carbocycles. The summed E-state index contributed by atoms with van der Waals surface area (Å²) in [6.07, 6.45) is 1.63. The summed E-state index contributed by atoms with van der Waals surface area (Å²) in [7, 11) is 0. The molecule has 10 heteroatoms. The fourth-order valence-electron chi connectivity index (χ4n) is 4.07. The number of aryl methyl sites for hydroxylation is 2. The van der Waals surface area contributed by atoms with E-state index in [4.69, 9.17) is 11.6 Å². The fraction of sp³-hybridized carbons (Fsp3) is 0.138. The Labute approximate surface area is 235 Å². The highest BCUT2D eigenvalue weighted by Gasteiger charge is 2.17. The Morgan fingerprint density at radius 1 is 0.949 bits per heavy atom. The summed E-state index contributed by atoms with van der Waals surface area (Å²) in [6.45, 7) is 5.93. The van der Waals surface area contributed by atoms with Crippen molar-refractivity contribution in [1.29, 1.82) is 0 Å². The topological polar surface area (TPSA) is 90.0 Å². The number of rotatable bonds is 8. The van der Waals surface area contributed by atoms with Crippen LogP contribution in [0.3, 0.4) is 0 Å². The largest absolute Gasteiger partial charge is 0.272 e. The number of carbonyl (C=O) groups is 1. The molecule has 0 saturated heterocycles. The van der Waals surface area contributed by atoms with Crippen molar-refractivity contribution in [2.45, 2.75) is 25.9 Å². The highest BCUT2D eigenvalue weighted by Crippen LogP contribution is 2.29. The predicted molar refractivity (Wildman–Crippen MR) is 156 cm³/mol. The smallest absolute Gasteiger partial charge is 0.250 e. The number of hydrazone groups is 1. The standard InChI is InChI=1S/C29H26ClN7OS/c1-19-9-15-24(16-10-19)36-28(22-11-13-23(30)14-12-22)33-34-29(36)39-18-27(38)32-31-17-26-20(2)35-37(21(26)3)25-7-5-4-6-8-25/h4-17H,18H2,1-3H3,(H,32,38)/b31-17+. The normalized spacial score (nSPS) is 11.3. The predicted octanol–water partition coefficient (Wildman–Crippen LogP) is 5.94. The molecule has 0 bridgehead atoms. The number of thioether (sulfide) groups is 1. The van der Waals surface area contributed by atoms with Crippen LogP contribution >= 0.6 is 23.4 Å². The van der Waals surface area contributed by atoms with Gasteiger partial charge in [-0.25, -0.2) is 10.1 Å². The number of benzene rings is 3. The van der Waals surface area contributed by atoms with Gasteiger partial charge in [0.15, 0.2) is 11.0 Å². The monoisotopic (exact) mass is 555 g/mol. The number of halogens is 1. The Morgan fingerprint density at radius 2 is 1.67 bits per heavy atom. The third kappa shape index (κ3) is 5.94. The summed E-state index contributed by atoms with van der Waals surface area (Å²) in [5.74, 6) is 0.523. The Bertz CT molecular complexity index is 1630. The Morgan fingerprint density at radius 3 is 2.38 bits per heavy atom. The van der Waals surface area contributed by atoms with Gasteiger partial charge in [0.05, 0.1) is 29.0 Å². The van der Waals surface area contributed by atoms with E-state index in [9.17, 15) is 4.79 Å². The lowest BCUT2D eigenvalue weighted by Crippen LogP contribution is -2.20. The molecule has 0 atom stereocenters. The summed E-state index contributed by atoms with van der Waals surface area (Å²) >= 11 is 7.37. The number of hydrogen-bond donors (Lipinski definition) is 1. The quantitative estimate of drug-likeness (QED) is 0.145. The molecule has 0 radical (unpaired) electrons. The summed E-state index contributed by atoms with van der Waals surface area (Å²) < 4.78 is 3.80. The van der Waals surface area contributed by atoms with Gasteiger partial charge in [0.1, 0.15) is 0 Å². The van der Waals surface area contributed by atoms with Crippen molar-refractivity contribution < 1.29 is 4.79 Å². The van der Waals surface area contributed by atoms with E-state index in [1.807, 2.05) is 109 Å². The van der Waals surface area contributed by atoms with Gasteiger partial charge in [-0.15, -0.1) is 10.2 Å². The van der Waals surface area contributed by atoms with Gasteiger partial charge in [-0.1, -0.05) is 59.3 Å². The number of para-hydroxylation sites is 1. The number of nitrogens with zero attached hydrogens (tertiary/aromatic N) is 6. The molecular weight excluding hydrogens is 530 g/mol. The van der Waals surface area contributed by atoms with Crippen LogP contribution in [-0.4, -0.2) is 42.4 Å². The van der Waals surface area contributed by atoms with Gasteiger partial charge >= 0.3 is 0 Å². The molecule has 2 heterocycles. The molecule has 5 aromatic rings. The van der Waals surface area contributed by atoms with E-state index in [1.54, 1.807) is 6.21 Å². The number of amides is 1. The Hall–Kier alpha value is -4.21. The molecule has 8 nitrogen and oxygen atoms in total. The maximum absolute atomic E-state index is 12.7. The van der Waals surface area contributed by atoms with E-state index in [2.05, 4.69) is 25.8 Å². The van der Waals surface area contributed by atoms with E-state index in [0.717, 1.165) is 39.5 Å². The van der Waals surface area contributed by atoms with E-state index in [1.165, 1.54) is 11.8 Å². The fourth-order valence-corrected chi connectivity index (χ4v) is 4.94. The second kappa shape index (κ2) is 11.7. The van der Waals surface area contributed by atoms with Gasteiger partial charge in [-0.05, 0) is 69.3 Å². The van der Waals surface area contributed by atoms with Crippen LogP contribution in [0.2, 0.25) is 5.02 Å². The van der Waals surface area contributed by atoms with Gasteiger partial charge in [-0.2, -0.15) is 10.2 Å². The highest BCUT2D eigenvalue weighted by atomic mass is 35.5. The molecule has 0 aliphatic rings. The molecule has 3 aromatic carbocycles. The van der Waals surface area contributed by atoms with Crippen LogP contribution in [0.5, 0.6) is 0 Å². The van der Waals surface area contributed by atoms with Crippen molar-refractivity contribution in [3.63, 3.8) is 0 Å². The van der Waals surface area contributed by atoms with Crippen LogP contribution in [0, 0.1) is 20.8 Å². The number of aromatic nitrogens is 5. The van der Waals surface area contributed by atoms with Crippen LogP contribution in [0.4, 0.5) is 0 Å². The molecule has 196 valence electrons. The molecule has 0 unspecified atom stereocenters. The van der Waals surface area contributed by atoms with Gasteiger partial charge in [0.25, 0.3) is 5.91 Å². The zero-order valence-electron chi connectivity index (χ0n) is 21.7. The number of carbonyl (C=O) groups excluding carboxylic acids is 1. The van der Waals surface area contributed by atoms with Crippen LogP contribution < -0.4 is 5.43 Å². The van der Waals surface area contributed by atoms with Crippen molar-refractivity contribution in [3.05, 3.63) is 106 Å². The van der Waals surface area contributed by atoms with Crippen LogP contribution in [0.1, 0.15) is 22.5 Å². The van der Waals surface area contributed by atoms with E-state index in [-0.39, 0.29) is 11.7 Å². The van der Waals surface area contributed by atoms with E-state index < -0.39 is 0 Å². The van der Waals surface area contributed by atoms with E-state index >= 15 is 0 Å². The minimum Gasteiger partial charge on any atom is -0.272 e. The zero-order valence-corrected chi connectivity index (χ0v) is 23.2. The van der Waals surface area contributed by atoms with Crippen LogP contribution in [0.15, 0.2) is 89.1 Å². The van der Waals surface area contributed by atoms with Gasteiger partial charge < -0.3 is 0 Å². The molecule has 0 spiro atoms. The first-order chi connectivity index (χ1) is 18.9. The lowest BCUT2D eigenvalue weighted by Gasteiger charge is -2.10. The molecule has 2 aromatic heterocycles. The first-order valence-electron chi connectivity index (χ1n) is 12.3. The molecule has 5 rings (SSSR count). The lowest BCUT2D eigenvalue weighted by atomic mass is 10.2. The minimum atomic E-state index is -0.256. The Balaban J connectivity index is 1.30. The van der Waals surface area contributed by atoms with Crippen molar-refractivity contribution in [1.82, 2.24) is 30.0 Å². The third-order valence-corrected chi connectivity index (χ3v) is 7.27. The Kier molecular flexibility index (Phi) is 7.90. The number of hydrogen-bond acceptors (Lipinski definition) is 6. The molecule has 1 amide bonds. The SMILES string of the molecule is Cc1ccc(-n2c(SCC(=O)N/N=C/c3c(C)nn(-c4ccccc4)c3C)nnc2-c2ccc(Cl)cc2)cc1. The van der Waals surface area contributed by atoms with Crippen molar-refractivity contribution in [2.24, 2.45) is 5.10 Å². The molecule has 0 fully saturated rings. The highest BCUT2D eigenvalue weighted by molar-refractivity contribution is 7.99. The molecule has 0 aliphatic heterocycles. The average Bonchev–Trinajstić information content (AvgIpc) is 3.49. The van der Waals surface area contributed by atoms with Gasteiger partial charge in [-0.3, -0.25) is 9.36 Å². The second-order valence-corrected chi connectivity index (χ2v) is 10.3. The van der Waals surface area contributed by atoms with Crippen LogP contribution in [-0.2, 0) is 4.79 Å². The average molecular weight is 556 g/mol. The van der Waals surface area contributed by atoms with E-state index in [0.29, 0.717) is 16.0 Å². The maximum Gasteiger partial charge on any atom is 0.250 e. The van der Waals surface area contributed by atoms with Crippen molar-refractivity contribution in [3.8, 4) is 22.8 Å². The second-order valence-electron chi connectivity index (χ2n) is 8.90. The van der Waals surface area contributed by atoms with Gasteiger partial charge in [0, 0.05) is 21.8 Å². The summed E-state index contributed by atoms with van der Waals surface area (Å²) in [5.41, 5.74) is 9.12. The van der Waals surface area contributed by atoms with Crippen molar-refractivity contribution in [2.75, 3.05) is 5.75 Å². The lowest BCUT2D eigenvalue weighted by molar-refractivity contribution is -0.118. The molecule has 39 heavy (non-hydrogen) atoms. The van der Waals surface area contributed by atoms with Gasteiger partial charge in [0.2, 0.25) is 0 Å². The third-order valence-electron chi connectivity index (χ3n) is 6.09. The minimum absolute atomic E-state index is 0.114. The maximum atomic E-state index is 12.7. The first kappa shape index (κ1) is 26.4. The molecular formula is C29H26ClN7OS. The van der Waals surface area contributed by atoms with Crippen LogP contribution in [0.25, 0.3) is 22.8 Å². The molecule has 0 saturated carbocycles. The summed E-state index contributed by atoms with van der Waals surface area (Å²) in [4.78, 5) is 12.7. The summed E-state index contributed by atoms with van der Waals surface area (Å²) in [6, 6.07) is 25.4. The van der Waals surface area contributed by atoms with Crippen molar-refractivity contribution >= 4 is 35.5 Å². The zero-order chi connectivity index (χ0) is 27.4.